The third-order valence-electron chi connectivity index (χ3n) is 4.55. The zero-order valence-electron chi connectivity index (χ0n) is 13.0. The van der Waals surface area contributed by atoms with Gasteiger partial charge in [-0.1, -0.05) is 35.9 Å². The summed E-state index contributed by atoms with van der Waals surface area (Å²) in [5.74, 6) is 0.538. The lowest BCUT2D eigenvalue weighted by Gasteiger charge is -2.27. The van der Waals surface area contributed by atoms with Gasteiger partial charge in [0.05, 0.1) is 6.04 Å². The molecular weight excluding hydrogens is 289 g/mol. The monoisotopic (exact) mass is 307 g/mol. The maximum atomic E-state index is 14.0. The summed E-state index contributed by atoms with van der Waals surface area (Å²) < 4.78 is 14.0. The molecule has 2 heterocycles. The van der Waals surface area contributed by atoms with Gasteiger partial charge in [0.15, 0.2) is 0 Å². The highest BCUT2D eigenvalue weighted by Crippen LogP contribution is 2.38. The predicted molar refractivity (Wildman–Crippen MR) is 90.0 cm³/mol. The highest BCUT2D eigenvalue weighted by Gasteiger charge is 2.28. The second-order valence-electron chi connectivity index (χ2n) is 6.10. The first-order chi connectivity index (χ1) is 11.2. The lowest BCUT2D eigenvalue weighted by atomic mass is 10.0. The lowest BCUT2D eigenvalue weighted by molar-refractivity contribution is 0.636. The van der Waals surface area contributed by atoms with Gasteiger partial charge in [-0.3, -0.25) is 0 Å². The van der Waals surface area contributed by atoms with E-state index in [1.165, 1.54) is 23.5 Å². The number of aryl methyl sites for hydroxylation is 1. The molecule has 0 saturated carbocycles. The van der Waals surface area contributed by atoms with Crippen LogP contribution in [0.2, 0.25) is 0 Å². The van der Waals surface area contributed by atoms with Crippen LogP contribution < -0.4 is 4.90 Å². The minimum absolute atomic E-state index is 0.288. The van der Waals surface area contributed by atoms with Crippen molar-refractivity contribution >= 4 is 16.7 Å². The first kappa shape index (κ1) is 14.1. The Kier molecular flexibility index (Phi) is 3.45. The van der Waals surface area contributed by atoms with Crippen molar-refractivity contribution in [1.82, 2.24) is 9.97 Å². The van der Waals surface area contributed by atoms with E-state index in [0.29, 0.717) is 5.52 Å². The minimum Gasteiger partial charge on any atom is -0.349 e. The molecule has 2 aromatic carbocycles. The van der Waals surface area contributed by atoms with Crippen molar-refractivity contribution in [2.24, 2.45) is 0 Å². The maximum Gasteiger partial charge on any atom is 0.149 e. The molecule has 0 radical (unpaired) electrons. The minimum atomic E-state index is -0.294. The van der Waals surface area contributed by atoms with Gasteiger partial charge in [0.2, 0.25) is 0 Å². The third kappa shape index (κ3) is 2.44. The highest BCUT2D eigenvalue weighted by atomic mass is 19.1. The summed E-state index contributed by atoms with van der Waals surface area (Å²) in [4.78, 5) is 10.9. The number of nitrogens with zero attached hydrogens (tertiary/aromatic N) is 3. The van der Waals surface area contributed by atoms with Gasteiger partial charge in [0.25, 0.3) is 0 Å². The van der Waals surface area contributed by atoms with E-state index in [1.54, 1.807) is 6.07 Å². The van der Waals surface area contributed by atoms with Gasteiger partial charge in [-0.05, 0) is 37.5 Å². The number of halogens is 1. The first-order valence-corrected chi connectivity index (χ1v) is 7.96. The number of para-hydroxylation sites is 1. The predicted octanol–water partition coefficient (Wildman–Crippen LogP) is 4.42. The van der Waals surface area contributed by atoms with E-state index in [0.717, 1.165) is 30.6 Å². The zero-order chi connectivity index (χ0) is 15.8. The van der Waals surface area contributed by atoms with Crippen molar-refractivity contribution in [3.05, 3.63) is 65.7 Å². The van der Waals surface area contributed by atoms with E-state index in [4.69, 9.17) is 0 Å². The normalized spacial score (nSPS) is 17.8. The molecular formula is C19H18FN3. The molecule has 1 atom stereocenters. The summed E-state index contributed by atoms with van der Waals surface area (Å²) in [5, 5.41) is 0.784. The van der Waals surface area contributed by atoms with Crippen LogP contribution in [0.3, 0.4) is 0 Å². The topological polar surface area (TPSA) is 29.0 Å². The molecule has 1 saturated heterocycles. The van der Waals surface area contributed by atoms with E-state index in [1.807, 2.05) is 6.07 Å². The number of rotatable bonds is 2. The molecule has 0 spiro atoms. The average molecular weight is 307 g/mol. The molecule has 3 aromatic rings. The largest absolute Gasteiger partial charge is 0.349 e. The average Bonchev–Trinajstić information content (AvgIpc) is 3.04. The Hall–Kier alpha value is -2.49. The Morgan fingerprint density at radius 3 is 2.87 bits per heavy atom. The van der Waals surface area contributed by atoms with E-state index >= 15 is 0 Å². The molecule has 1 aliphatic rings. The molecule has 1 unspecified atom stereocenters. The number of hydrogen-bond donors (Lipinski definition) is 0. The molecule has 0 bridgehead atoms. The molecule has 4 heteroatoms. The van der Waals surface area contributed by atoms with Gasteiger partial charge in [0, 0.05) is 11.9 Å². The van der Waals surface area contributed by atoms with Crippen LogP contribution >= 0.6 is 0 Å². The maximum absolute atomic E-state index is 14.0. The summed E-state index contributed by atoms with van der Waals surface area (Å²) in [5.41, 5.74) is 2.95. The summed E-state index contributed by atoms with van der Waals surface area (Å²) in [6, 6.07) is 14.0. The Labute approximate surface area is 134 Å². The zero-order valence-corrected chi connectivity index (χ0v) is 13.0. The fraction of sp³-hybridized carbons (Fsp3) is 0.263. The van der Waals surface area contributed by atoms with Crippen LogP contribution in [0.25, 0.3) is 10.9 Å². The van der Waals surface area contributed by atoms with Crippen molar-refractivity contribution in [1.29, 1.82) is 0 Å². The molecule has 3 nitrogen and oxygen atoms in total. The first-order valence-electron chi connectivity index (χ1n) is 7.96. The number of aromatic nitrogens is 2. The van der Waals surface area contributed by atoms with Crippen molar-refractivity contribution in [3.8, 4) is 0 Å². The van der Waals surface area contributed by atoms with Crippen molar-refractivity contribution in [2.75, 3.05) is 11.4 Å². The fourth-order valence-corrected chi connectivity index (χ4v) is 3.51. The van der Waals surface area contributed by atoms with E-state index in [-0.39, 0.29) is 11.9 Å². The Morgan fingerprint density at radius 2 is 2.00 bits per heavy atom. The third-order valence-corrected chi connectivity index (χ3v) is 4.55. The summed E-state index contributed by atoms with van der Waals surface area (Å²) in [6.45, 7) is 3.04. The lowest BCUT2D eigenvalue weighted by Crippen LogP contribution is -2.24. The summed E-state index contributed by atoms with van der Waals surface area (Å²) >= 11 is 0. The van der Waals surface area contributed by atoms with Crippen LogP contribution in [0.5, 0.6) is 0 Å². The molecule has 0 aliphatic carbocycles. The van der Waals surface area contributed by atoms with Crippen molar-refractivity contribution < 1.29 is 4.39 Å². The number of fused-ring (bicyclic) bond motifs is 1. The summed E-state index contributed by atoms with van der Waals surface area (Å²) in [7, 11) is 0. The van der Waals surface area contributed by atoms with Gasteiger partial charge in [-0.2, -0.15) is 0 Å². The van der Waals surface area contributed by atoms with Gasteiger partial charge < -0.3 is 4.90 Å². The van der Waals surface area contributed by atoms with Crippen LogP contribution in [0, 0.1) is 12.7 Å². The van der Waals surface area contributed by atoms with E-state index in [9.17, 15) is 4.39 Å². The Balaban J connectivity index is 1.82. The molecule has 116 valence electrons. The van der Waals surface area contributed by atoms with Gasteiger partial charge in [-0.25, -0.2) is 14.4 Å². The highest BCUT2D eigenvalue weighted by molar-refractivity contribution is 5.89. The smallest absolute Gasteiger partial charge is 0.149 e. The van der Waals surface area contributed by atoms with Crippen LogP contribution in [0.4, 0.5) is 10.2 Å². The van der Waals surface area contributed by atoms with Gasteiger partial charge >= 0.3 is 0 Å². The molecule has 23 heavy (non-hydrogen) atoms. The molecule has 1 fully saturated rings. The molecule has 0 amide bonds. The fourth-order valence-electron chi connectivity index (χ4n) is 3.51. The SMILES string of the molecule is Cc1cccc(C2CCCN2c2ncnc3c(F)cccc23)c1. The molecule has 1 aliphatic heterocycles. The van der Waals surface area contributed by atoms with Crippen molar-refractivity contribution in [3.63, 3.8) is 0 Å². The van der Waals surface area contributed by atoms with Gasteiger partial charge in [0.1, 0.15) is 23.5 Å². The Bertz CT molecular complexity index is 862. The van der Waals surface area contributed by atoms with Crippen LogP contribution in [0.1, 0.15) is 30.0 Å². The quantitative estimate of drug-likeness (QED) is 0.702. The van der Waals surface area contributed by atoms with Crippen LogP contribution in [0.15, 0.2) is 48.8 Å². The second kappa shape index (κ2) is 5.61. The van der Waals surface area contributed by atoms with Crippen LogP contribution in [-0.2, 0) is 0 Å². The molecule has 0 N–H and O–H groups in total. The molecule has 4 rings (SSSR count). The van der Waals surface area contributed by atoms with Gasteiger partial charge in [-0.15, -0.1) is 0 Å². The second-order valence-corrected chi connectivity index (χ2v) is 6.10. The Morgan fingerprint density at radius 1 is 1.13 bits per heavy atom. The van der Waals surface area contributed by atoms with Crippen molar-refractivity contribution in [2.45, 2.75) is 25.8 Å². The number of hydrogen-bond acceptors (Lipinski definition) is 3. The number of anilines is 1. The van der Waals surface area contributed by atoms with Crippen LogP contribution in [-0.4, -0.2) is 16.5 Å². The van der Waals surface area contributed by atoms with E-state index < -0.39 is 0 Å². The number of benzene rings is 2. The standard InChI is InChI=1S/C19H18FN3/c1-13-5-2-6-14(11-13)17-9-4-10-23(17)19-15-7-3-8-16(20)18(15)21-12-22-19/h2-3,5-8,11-12,17H,4,9-10H2,1H3. The molecule has 1 aromatic heterocycles. The summed E-state index contributed by atoms with van der Waals surface area (Å²) in [6.07, 6.45) is 3.66. The van der Waals surface area contributed by atoms with E-state index in [2.05, 4.69) is 46.1 Å².